The molecule has 0 saturated heterocycles. The Balaban J connectivity index is 1.75. The molecule has 0 spiro atoms. The largest absolute Gasteiger partial charge is 0.320 e. The summed E-state index contributed by atoms with van der Waals surface area (Å²) in [6, 6.07) is 10.7. The monoisotopic (exact) mass is 445 g/mol. The van der Waals surface area contributed by atoms with Gasteiger partial charge in [-0.05, 0) is 30.7 Å². The maximum atomic E-state index is 12.8. The lowest BCUT2D eigenvalue weighted by Gasteiger charge is -2.13. The van der Waals surface area contributed by atoms with E-state index in [2.05, 4.69) is 15.3 Å². The number of nitrogens with zero attached hydrogens (tertiary/aromatic N) is 2. The van der Waals surface area contributed by atoms with Crippen molar-refractivity contribution in [1.82, 2.24) is 9.97 Å². The average Bonchev–Trinajstić information content (AvgIpc) is 3.17. The highest BCUT2D eigenvalue weighted by atomic mass is 35.5. The first-order valence-corrected chi connectivity index (χ1v) is 10.7. The summed E-state index contributed by atoms with van der Waals surface area (Å²) >= 11 is 15.5. The van der Waals surface area contributed by atoms with Crippen molar-refractivity contribution in [3.05, 3.63) is 75.3 Å². The highest BCUT2D eigenvalue weighted by Crippen LogP contribution is 2.38. The molecule has 0 bridgehead atoms. The van der Waals surface area contributed by atoms with Crippen molar-refractivity contribution in [1.29, 1.82) is 0 Å². The molecule has 0 aliphatic heterocycles. The third-order valence-electron chi connectivity index (χ3n) is 4.06. The number of para-hydroxylation sites is 1. The van der Waals surface area contributed by atoms with E-state index < -0.39 is 0 Å². The van der Waals surface area contributed by atoms with Gasteiger partial charge in [0.05, 0.1) is 26.8 Å². The first-order chi connectivity index (χ1) is 13.5. The maximum Gasteiger partial charge on any atom is 0.258 e. The molecule has 4 aromatic rings. The fourth-order valence-electron chi connectivity index (χ4n) is 2.78. The van der Waals surface area contributed by atoms with Gasteiger partial charge in [0.1, 0.15) is 0 Å². The fourth-order valence-corrected chi connectivity index (χ4v) is 5.10. The normalized spacial score (nSPS) is 11.0. The summed E-state index contributed by atoms with van der Waals surface area (Å²) < 4.78 is 0.952. The molecule has 0 unspecified atom stereocenters. The van der Waals surface area contributed by atoms with Gasteiger partial charge in [-0.3, -0.25) is 9.78 Å². The minimum atomic E-state index is -0.375. The van der Waals surface area contributed by atoms with Crippen molar-refractivity contribution in [2.45, 2.75) is 16.2 Å². The highest BCUT2D eigenvalue weighted by Gasteiger charge is 2.17. The molecule has 0 atom stereocenters. The van der Waals surface area contributed by atoms with Crippen LogP contribution in [0.1, 0.15) is 15.9 Å². The van der Waals surface area contributed by atoms with E-state index in [0.717, 1.165) is 20.2 Å². The first kappa shape index (κ1) is 19.2. The van der Waals surface area contributed by atoms with Crippen LogP contribution in [0.5, 0.6) is 0 Å². The molecule has 0 saturated carbocycles. The minimum absolute atomic E-state index is 0.243. The second-order valence-electron chi connectivity index (χ2n) is 5.92. The molecular weight excluding hydrogens is 433 g/mol. The molecule has 1 N–H and O–H groups in total. The molecule has 2 aromatic heterocycles. The highest BCUT2D eigenvalue weighted by molar-refractivity contribution is 8.01. The standard InChI is InChI=1S/C20H13Cl2N3OS2/c1-11-10-24-17-12(18(11)28-20-23-8-9-27-20)4-2-7-15(17)25-19(26)16-13(21)5-3-6-14(16)22/h2-10H,1H3,(H,25,26). The third-order valence-corrected chi connectivity index (χ3v) is 6.82. The zero-order chi connectivity index (χ0) is 19.7. The van der Waals surface area contributed by atoms with Crippen molar-refractivity contribution in [2.24, 2.45) is 0 Å². The van der Waals surface area contributed by atoms with Gasteiger partial charge in [0, 0.05) is 28.1 Å². The number of hydrogen-bond donors (Lipinski definition) is 1. The van der Waals surface area contributed by atoms with E-state index in [9.17, 15) is 4.79 Å². The lowest BCUT2D eigenvalue weighted by atomic mass is 10.1. The van der Waals surface area contributed by atoms with Crippen LogP contribution in [-0.4, -0.2) is 15.9 Å². The van der Waals surface area contributed by atoms with E-state index >= 15 is 0 Å². The van der Waals surface area contributed by atoms with Gasteiger partial charge in [-0.2, -0.15) is 0 Å². The van der Waals surface area contributed by atoms with E-state index in [1.54, 1.807) is 53.7 Å². The van der Waals surface area contributed by atoms with Crippen LogP contribution in [0.3, 0.4) is 0 Å². The number of hydrogen-bond acceptors (Lipinski definition) is 5. The van der Waals surface area contributed by atoms with E-state index in [-0.39, 0.29) is 11.5 Å². The number of rotatable bonds is 4. The Bertz CT molecular complexity index is 1160. The topological polar surface area (TPSA) is 54.9 Å². The zero-order valence-electron chi connectivity index (χ0n) is 14.6. The Kier molecular flexibility index (Phi) is 5.55. The summed E-state index contributed by atoms with van der Waals surface area (Å²) in [5.74, 6) is -0.375. The molecule has 2 heterocycles. The number of thiazole rings is 1. The number of aromatic nitrogens is 2. The number of benzene rings is 2. The molecule has 0 fully saturated rings. The third kappa shape index (κ3) is 3.73. The van der Waals surface area contributed by atoms with Gasteiger partial charge in [-0.25, -0.2) is 4.98 Å². The van der Waals surface area contributed by atoms with Crippen LogP contribution in [0.2, 0.25) is 10.0 Å². The molecule has 0 radical (unpaired) electrons. The number of carbonyl (C=O) groups is 1. The van der Waals surface area contributed by atoms with Crippen LogP contribution in [0.25, 0.3) is 10.9 Å². The molecule has 140 valence electrons. The van der Waals surface area contributed by atoms with Gasteiger partial charge in [0.2, 0.25) is 0 Å². The smallest absolute Gasteiger partial charge is 0.258 e. The first-order valence-electron chi connectivity index (χ1n) is 8.25. The van der Waals surface area contributed by atoms with Crippen LogP contribution in [0, 0.1) is 6.92 Å². The number of nitrogens with one attached hydrogen (secondary N) is 1. The predicted octanol–water partition coefficient (Wildman–Crippen LogP) is 6.71. The van der Waals surface area contributed by atoms with E-state index in [4.69, 9.17) is 23.2 Å². The van der Waals surface area contributed by atoms with Crippen molar-refractivity contribution in [3.8, 4) is 0 Å². The Morgan fingerprint density at radius 3 is 2.57 bits per heavy atom. The van der Waals surface area contributed by atoms with Gasteiger partial charge in [0.25, 0.3) is 5.91 Å². The van der Waals surface area contributed by atoms with Crippen LogP contribution in [0.4, 0.5) is 5.69 Å². The van der Waals surface area contributed by atoms with Crippen LogP contribution >= 0.6 is 46.3 Å². The maximum absolute atomic E-state index is 12.8. The second-order valence-corrected chi connectivity index (χ2v) is 8.89. The summed E-state index contributed by atoms with van der Waals surface area (Å²) in [5, 5.41) is 6.39. The molecular formula is C20H13Cl2N3OS2. The van der Waals surface area contributed by atoms with E-state index in [1.807, 2.05) is 30.5 Å². The Hall–Kier alpha value is -2.12. The van der Waals surface area contributed by atoms with E-state index in [0.29, 0.717) is 21.2 Å². The summed E-state index contributed by atoms with van der Waals surface area (Å²) in [4.78, 5) is 22.8. The van der Waals surface area contributed by atoms with Crippen LogP contribution in [-0.2, 0) is 0 Å². The predicted molar refractivity (Wildman–Crippen MR) is 117 cm³/mol. The van der Waals surface area contributed by atoms with E-state index in [1.165, 1.54) is 0 Å². The Labute approximate surface area is 179 Å². The van der Waals surface area contributed by atoms with Gasteiger partial charge in [-0.15, -0.1) is 11.3 Å². The zero-order valence-corrected chi connectivity index (χ0v) is 17.7. The molecule has 4 nitrogen and oxygen atoms in total. The lowest BCUT2D eigenvalue weighted by molar-refractivity contribution is 0.102. The Morgan fingerprint density at radius 2 is 1.86 bits per heavy atom. The molecule has 1 amide bonds. The molecule has 2 aromatic carbocycles. The summed E-state index contributed by atoms with van der Waals surface area (Å²) in [6.45, 7) is 2.01. The number of anilines is 1. The van der Waals surface area contributed by atoms with Gasteiger partial charge < -0.3 is 5.32 Å². The molecule has 0 aliphatic rings. The quantitative estimate of drug-likeness (QED) is 0.379. The number of amides is 1. The van der Waals surface area contributed by atoms with Crippen LogP contribution < -0.4 is 5.32 Å². The summed E-state index contributed by atoms with van der Waals surface area (Å²) in [6.07, 6.45) is 3.58. The number of fused-ring (bicyclic) bond motifs is 1. The van der Waals surface area contributed by atoms with Gasteiger partial charge in [-0.1, -0.05) is 53.2 Å². The number of aryl methyl sites for hydroxylation is 1. The van der Waals surface area contributed by atoms with Gasteiger partial charge >= 0.3 is 0 Å². The molecule has 4 rings (SSSR count). The number of pyridine rings is 1. The number of carbonyl (C=O) groups excluding carboxylic acids is 1. The van der Waals surface area contributed by atoms with Crippen molar-refractivity contribution >= 4 is 68.8 Å². The lowest BCUT2D eigenvalue weighted by Crippen LogP contribution is -2.13. The van der Waals surface area contributed by atoms with Crippen molar-refractivity contribution < 1.29 is 4.79 Å². The molecule has 0 aliphatic carbocycles. The summed E-state index contributed by atoms with van der Waals surface area (Å²) in [5.41, 5.74) is 2.58. The average molecular weight is 446 g/mol. The SMILES string of the molecule is Cc1cnc2c(NC(=O)c3c(Cl)cccc3Cl)cccc2c1Sc1nccs1. The van der Waals surface area contributed by atoms with Gasteiger partial charge in [0.15, 0.2) is 4.34 Å². The molecule has 28 heavy (non-hydrogen) atoms. The minimum Gasteiger partial charge on any atom is -0.320 e. The van der Waals surface area contributed by atoms with Crippen molar-refractivity contribution in [3.63, 3.8) is 0 Å². The second kappa shape index (κ2) is 8.09. The number of halogens is 2. The molecule has 8 heteroatoms. The Morgan fingerprint density at radius 1 is 1.11 bits per heavy atom. The van der Waals surface area contributed by atoms with Crippen molar-refractivity contribution in [2.75, 3.05) is 5.32 Å². The summed E-state index contributed by atoms with van der Waals surface area (Å²) in [7, 11) is 0. The van der Waals surface area contributed by atoms with Crippen LogP contribution in [0.15, 0.2) is 63.4 Å². The fraction of sp³-hybridized carbons (Fsp3) is 0.0500.